The average molecular weight is 455 g/mol. The number of likely N-dealkylation sites (tertiary alicyclic amines) is 2. The maximum absolute atomic E-state index is 12.6. The van der Waals surface area contributed by atoms with Crippen LogP contribution < -0.4 is 5.32 Å². The summed E-state index contributed by atoms with van der Waals surface area (Å²) in [5, 5.41) is 3.23. The van der Waals surface area contributed by atoms with Crippen molar-refractivity contribution < 1.29 is 9.59 Å². The molecule has 6 nitrogen and oxygen atoms in total. The summed E-state index contributed by atoms with van der Waals surface area (Å²) in [6, 6.07) is 9.46. The minimum Gasteiger partial charge on any atom is -0.342 e. The lowest BCUT2D eigenvalue weighted by Gasteiger charge is -2.50. The normalized spacial score (nSPS) is 23.8. The predicted molar refractivity (Wildman–Crippen MR) is 132 cm³/mol. The lowest BCUT2D eigenvalue weighted by Crippen LogP contribution is -2.53. The molecule has 6 heteroatoms. The molecule has 0 aromatic heterocycles. The van der Waals surface area contributed by atoms with Crippen molar-refractivity contribution in [1.29, 1.82) is 0 Å². The summed E-state index contributed by atoms with van der Waals surface area (Å²) >= 11 is 0. The topological polar surface area (TPSA) is 55.9 Å². The van der Waals surface area contributed by atoms with Gasteiger partial charge in [-0.3, -0.25) is 4.79 Å². The Morgan fingerprint density at radius 3 is 2.21 bits per heavy atom. The van der Waals surface area contributed by atoms with Gasteiger partial charge in [-0.2, -0.15) is 0 Å². The quantitative estimate of drug-likeness (QED) is 0.730. The largest absolute Gasteiger partial charge is 0.342 e. The van der Waals surface area contributed by atoms with E-state index in [2.05, 4.69) is 39.4 Å². The molecular formula is C27H42N4O2. The van der Waals surface area contributed by atoms with Crippen LogP contribution >= 0.6 is 0 Å². The zero-order chi connectivity index (χ0) is 23.8. The van der Waals surface area contributed by atoms with Gasteiger partial charge in [0.05, 0.1) is 6.04 Å². The van der Waals surface area contributed by atoms with Crippen molar-refractivity contribution in [3.8, 4) is 0 Å². The summed E-state index contributed by atoms with van der Waals surface area (Å²) in [4.78, 5) is 31.3. The molecule has 0 radical (unpaired) electrons. The fourth-order valence-corrected chi connectivity index (χ4v) is 6.17. The van der Waals surface area contributed by atoms with Crippen molar-refractivity contribution in [2.75, 3.05) is 40.3 Å². The van der Waals surface area contributed by atoms with E-state index in [9.17, 15) is 9.59 Å². The first-order chi connectivity index (χ1) is 15.6. The third-order valence-corrected chi connectivity index (χ3v) is 8.19. The highest BCUT2D eigenvalue weighted by molar-refractivity contribution is 5.81. The molecule has 2 heterocycles. The smallest absolute Gasteiger partial charge is 0.317 e. The SMILES string of the molecule is CN(C)C(=O)N[C@@H]1CCC2(CCN(C3CCN(C(=O)C(C)(C)C)CC3)CC2)c2ccccc21. The fraction of sp³-hybridized carbons (Fsp3) is 0.704. The Bertz CT molecular complexity index is 859. The first-order valence-electron chi connectivity index (χ1n) is 12.7. The Balaban J connectivity index is 1.39. The van der Waals surface area contributed by atoms with Crippen LogP contribution in [0.2, 0.25) is 0 Å². The second-order valence-corrected chi connectivity index (χ2v) is 11.6. The molecule has 2 aliphatic heterocycles. The molecule has 182 valence electrons. The van der Waals surface area contributed by atoms with E-state index in [-0.39, 0.29) is 28.8 Å². The number of benzene rings is 1. The molecule has 1 aromatic rings. The molecule has 1 aliphatic carbocycles. The van der Waals surface area contributed by atoms with Gasteiger partial charge in [-0.25, -0.2) is 4.79 Å². The van der Waals surface area contributed by atoms with Crippen molar-refractivity contribution >= 4 is 11.9 Å². The highest BCUT2D eigenvalue weighted by Gasteiger charge is 2.43. The van der Waals surface area contributed by atoms with E-state index in [4.69, 9.17) is 0 Å². The average Bonchev–Trinajstić information content (AvgIpc) is 2.80. The molecule has 1 spiro atoms. The maximum atomic E-state index is 12.6. The van der Waals surface area contributed by atoms with Gasteiger partial charge in [0.15, 0.2) is 0 Å². The van der Waals surface area contributed by atoms with Gasteiger partial charge in [0.25, 0.3) is 0 Å². The van der Waals surface area contributed by atoms with Crippen LogP contribution in [0.5, 0.6) is 0 Å². The number of piperidine rings is 2. The van der Waals surface area contributed by atoms with Crippen LogP contribution in [0.4, 0.5) is 4.79 Å². The number of hydrogen-bond acceptors (Lipinski definition) is 3. The molecule has 2 saturated heterocycles. The molecule has 1 atom stereocenters. The van der Waals surface area contributed by atoms with E-state index in [1.807, 2.05) is 20.8 Å². The van der Waals surface area contributed by atoms with Crippen LogP contribution in [-0.4, -0.2) is 73.0 Å². The molecule has 1 N–H and O–H groups in total. The predicted octanol–water partition coefficient (Wildman–Crippen LogP) is 4.16. The van der Waals surface area contributed by atoms with Crippen molar-refractivity contribution in [3.05, 3.63) is 35.4 Å². The number of nitrogens with one attached hydrogen (secondary N) is 1. The highest BCUT2D eigenvalue weighted by atomic mass is 16.2. The Morgan fingerprint density at radius 2 is 1.61 bits per heavy atom. The van der Waals surface area contributed by atoms with E-state index >= 15 is 0 Å². The van der Waals surface area contributed by atoms with Crippen LogP contribution in [0, 0.1) is 5.41 Å². The molecule has 3 amide bonds. The van der Waals surface area contributed by atoms with Crippen LogP contribution in [0.1, 0.15) is 76.5 Å². The van der Waals surface area contributed by atoms with Crippen molar-refractivity contribution in [2.45, 2.75) is 76.8 Å². The van der Waals surface area contributed by atoms with Gasteiger partial charge >= 0.3 is 6.03 Å². The van der Waals surface area contributed by atoms with E-state index in [1.54, 1.807) is 19.0 Å². The molecular weight excluding hydrogens is 412 g/mol. The number of rotatable bonds is 2. The third kappa shape index (κ3) is 4.91. The van der Waals surface area contributed by atoms with Crippen LogP contribution in [-0.2, 0) is 10.2 Å². The number of nitrogens with zero attached hydrogens (tertiary/aromatic N) is 3. The minimum absolute atomic E-state index is 0.0168. The second kappa shape index (κ2) is 9.28. The summed E-state index contributed by atoms with van der Waals surface area (Å²) in [5.74, 6) is 0.285. The van der Waals surface area contributed by atoms with Gasteiger partial charge in [0, 0.05) is 38.6 Å². The molecule has 4 rings (SSSR count). The van der Waals surface area contributed by atoms with Gasteiger partial charge in [-0.15, -0.1) is 0 Å². The Morgan fingerprint density at radius 1 is 0.970 bits per heavy atom. The second-order valence-electron chi connectivity index (χ2n) is 11.6. The van der Waals surface area contributed by atoms with Gasteiger partial charge in [0.1, 0.15) is 0 Å². The molecule has 0 saturated carbocycles. The van der Waals surface area contributed by atoms with Crippen molar-refractivity contribution in [1.82, 2.24) is 20.0 Å². The standard InChI is InChI=1S/C27H42N4O2/c1-26(2,3)24(32)31-16-11-20(12-17-31)30-18-14-27(15-19-30)13-10-23(28-25(33)29(4)5)21-8-6-7-9-22(21)27/h6-9,20,23H,10-19H2,1-5H3,(H,28,33)/t23-/m1/s1. The van der Waals surface area contributed by atoms with Crippen LogP contribution in [0.3, 0.4) is 0 Å². The summed E-state index contributed by atoms with van der Waals surface area (Å²) in [7, 11) is 3.59. The molecule has 33 heavy (non-hydrogen) atoms. The van der Waals surface area contributed by atoms with Gasteiger partial charge in [-0.05, 0) is 68.2 Å². The first-order valence-corrected chi connectivity index (χ1v) is 12.7. The highest BCUT2D eigenvalue weighted by Crippen LogP contribution is 2.48. The third-order valence-electron chi connectivity index (χ3n) is 8.19. The summed E-state index contributed by atoms with van der Waals surface area (Å²) in [6.07, 6.45) is 6.67. The Labute approximate surface area is 199 Å². The number of amides is 3. The van der Waals surface area contributed by atoms with Gasteiger partial charge < -0.3 is 20.0 Å². The van der Waals surface area contributed by atoms with Crippen molar-refractivity contribution in [2.24, 2.45) is 5.41 Å². The minimum atomic E-state index is -0.289. The van der Waals surface area contributed by atoms with Crippen molar-refractivity contribution in [3.63, 3.8) is 0 Å². The zero-order valence-corrected chi connectivity index (χ0v) is 21.2. The Hall–Kier alpha value is -2.08. The van der Waals surface area contributed by atoms with E-state index in [0.717, 1.165) is 51.9 Å². The van der Waals surface area contributed by atoms with Crippen LogP contribution in [0.25, 0.3) is 0 Å². The summed E-state index contributed by atoms with van der Waals surface area (Å²) < 4.78 is 0. The molecule has 1 aromatic carbocycles. The number of carbonyl (C=O) groups is 2. The Kier molecular flexibility index (Phi) is 6.77. The van der Waals surface area contributed by atoms with Crippen LogP contribution in [0.15, 0.2) is 24.3 Å². The lowest BCUT2D eigenvalue weighted by atomic mass is 9.63. The van der Waals surface area contributed by atoms with E-state index in [0.29, 0.717) is 6.04 Å². The number of hydrogen-bond donors (Lipinski definition) is 1. The molecule has 2 fully saturated rings. The maximum Gasteiger partial charge on any atom is 0.317 e. The van der Waals surface area contributed by atoms with E-state index < -0.39 is 0 Å². The number of carbonyl (C=O) groups excluding carboxylic acids is 2. The lowest BCUT2D eigenvalue weighted by molar-refractivity contribution is -0.141. The molecule has 0 bridgehead atoms. The summed E-state index contributed by atoms with van der Waals surface area (Å²) in [5.41, 5.74) is 2.70. The summed E-state index contributed by atoms with van der Waals surface area (Å²) in [6.45, 7) is 10.1. The molecule has 0 unspecified atom stereocenters. The fourth-order valence-electron chi connectivity index (χ4n) is 6.17. The zero-order valence-electron chi connectivity index (χ0n) is 21.2. The number of urea groups is 1. The van der Waals surface area contributed by atoms with Gasteiger partial charge in [-0.1, -0.05) is 45.0 Å². The first kappa shape index (κ1) is 24.1. The monoisotopic (exact) mass is 454 g/mol. The van der Waals surface area contributed by atoms with E-state index in [1.165, 1.54) is 24.0 Å². The molecule has 3 aliphatic rings. The number of fused-ring (bicyclic) bond motifs is 2. The van der Waals surface area contributed by atoms with Gasteiger partial charge in [0.2, 0.25) is 5.91 Å².